The molecule has 0 aliphatic carbocycles. The van der Waals surface area contributed by atoms with Crippen LogP contribution in [0.3, 0.4) is 0 Å². The Balaban J connectivity index is 1.29. The molecular weight excluding hydrogens is 647 g/mol. The third-order valence-corrected chi connectivity index (χ3v) is 10.8. The molecule has 0 aliphatic rings. The molecule has 0 radical (unpaired) electrons. The van der Waals surface area contributed by atoms with Gasteiger partial charge in [-0.25, -0.2) is 0 Å². The summed E-state index contributed by atoms with van der Waals surface area (Å²) in [6.45, 7) is 2.17. The first-order valence-electron chi connectivity index (χ1n) is 17.8. The van der Waals surface area contributed by atoms with Gasteiger partial charge in [-0.1, -0.05) is 103 Å². The predicted molar refractivity (Wildman–Crippen MR) is 219 cm³/mol. The molecule has 0 saturated heterocycles. The lowest BCUT2D eigenvalue weighted by atomic mass is 10.0. The summed E-state index contributed by atoms with van der Waals surface area (Å²) in [6, 6.07) is 58.4. The van der Waals surface area contributed by atoms with E-state index in [2.05, 4.69) is 177 Å². The van der Waals surface area contributed by atoms with Gasteiger partial charge in [-0.2, -0.15) is 10.5 Å². The maximum atomic E-state index is 10.3. The van der Waals surface area contributed by atoms with Gasteiger partial charge in [0.1, 0.15) is 6.07 Å². The number of nitriles is 2. The van der Waals surface area contributed by atoms with Crippen LogP contribution in [0.25, 0.3) is 87.6 Å². The number of nitrogens with zero attached hydrogens (tertiary/aromatic N) is 5. The SMILES string of the molecule is C/C(C#N)=C(C#N)\C=C(/Cn1c2ccc(-n3c4ccccc4c4ccccc43)cc2c2c3ccccc3ccc21)n1c2ccccc2c2ccccc21. The van der Waals surface area contributed by atoms with Crippen molar-refractivity contribution in [1.29, 1.82) is 10.5 Å². The van der Waals surface area contributed by atoms with Gasteiger partial charge in [0.2, 0.25) is 0 Å². The van der Waals surface area contributed by atoms with Crippen molar-refractivity contribution in [3.8, 4) is 17.8 Å². The summed E-state index contributed by atoms with van der Waals surface area (Å²) in [5.74, 6) is 0. The molecule has 0 amide bonds. The van der Waals surface area contributed by atoms with E-state index in [0.717, 1.165) is 49.6 Å². The summed E-state index contributed by atoms with van der Waals surface area (Å²) in [5, 5.41) is 29.7. The average molecular weight is 678 g/mol. The van der Waals surface area contributed by atoms with E-state index in [4.69, 9.17) is 0 Å². The Morgan fingerprint density at radius 2 is 1.06 bits per heavy atom. The van der Waals surface area contributed by atoms with Gasteiger partial charge in [-0.15, -0.1) is 0 Å². The number of fused-ring (bicyclic) bond motifs is 11. The van der Waals surface area contributed by atoms with Crippen LogP contribution >= 0.6 is 0 Å². The number of allylic oxidation sites excluding steroid dienone is 4. The Morgan fingerprint density at radius 1 is 0.528 bits per heavy atom. The van der Waals surface area contributed by atoms with Crippen molar-refractivity contribution < 1.29 is 0 Å². The Kier molecular flexibility index (Phi) is 6.83. The van der Waals surface area contributed by atoms with Gasteiger partial charge in [0, 0.05) is 54.8 Å². The number of para-hydroxylation sites is 4. The average Bonchev–Trinajstić information content (AvgIpc) is 3.84. The van der Waals surface area contributed by atoms with E-state index in [0.29, 0.717) is 17.7 Å². The van der Waals surface area contributed by atoms with E-state index >= 15 is 0 Å². The summed E-state index contributed by atoms with van der Waals surface area (Å²) in [6.07, 6.45) is 1.91. The highest BCUT2D eigenvalue weighted by Crippen LogP contribution is 2.40. The third-order valence-electron chi connectivity index (χ3n) is 10.8. The minimum absolute atomic E-state index is 0.351. The molecule has 0 fully saturated rings. The summed E-state index contributed by atoms with van der Waals surface area (Å²) in [5.41, 5.74) is 9.35. The predicted octanol–water partition coefficient (Wildman–Crippen LogP) is 12.1. The minimum atomic E-state index is 0.351. The van der Waals surface area contributed by atoms with Crippen molar-refractivity contribution in [1.82, 2.24) is 13.7 Å². The first-order chi connectivity index (χ1) is 26.1. The van der Waals surface area contributed by atoms with Crippen LogP contribution in [0.4, 0.5) is 0 Å². The van der Waals surface area contributed by atoms with Gasteiger partial charge in [0.15, 0.2) is 0 Å². The van der Waals surface area contributed by atoms with Crippen LogP contribution in [0.2, 0.25) is 0 Å². The van der Waals surface area contributed by atoms with Crippen LogP contribution < -0.4 is 0 Å². The van der Waals surface area contributed by atoms with E-state index in [9.17, 15) is 10.5 Å². The third kappa shape index (κ3) is 4.55. The number of hydrogen-bond donors (Lipinski definition) is 0. The monoisotopic (exact) mass is 677 g/mol. The van der Waals surface area contributed by atoms with E-state index in [-0.39, 0.29) is 0 Å². The number of benzene rings is 7. The molecule has 7 aromatic carbocycles. The van der Waals surface area contributed by atoms with Crippen molar-refractivity contribution in [3.63, 3.8) is 0 Å². The zero-order chi connectivity index (χ0) is 35.6. The molecule has 10 rings (SSSR count). The molecule has 248 valence electrons. The Morgan fingerprint density at radius 3 is 1.66 bits per heavy atom. The second-order valence-electron chi connectivity index (χ2n) is 13.6. The second-order valence-corrected chi connectivity index (χ2v) is 13.6. The normalized spacial score (nSPS) is 12.7. The summed E-state index contributed by atoms with van der Waals surface area (Å²) >= 11 is 0. The standard InChI is InChI=1S/C48H31N5/c1-31(28-49)33(29-50)26-35(53-45-20-10-6-16-39(45)40-17-7-11-21-46(40)53)30-51-42-25-23-34(27-41(42)48-36-13-3-2-12-32(36)22-24-47(48)51)52-43-18-8-4-14-37(43)38-15-5-9-19-44(38)52/h2-27H,30H2,1H3/b33-31-,35-26+. The molecule has 53 heavy (non-hydrogen) atoms. The largest absolute Gasteiger partial charge is 0.334 e. The highest BCUT2D eigenvalue weighted by atomic mass is 15.1. The maximum Gasteiger partial charge on any atom is 0.100 e. The molecule has 5 nitrogen and oxygen atoms in total. The lowest BCUT2D eigenvalue weighted by Crippen LogP contribution is -2.07. The molecular formula is C48H31N5. The smallest absolute Gasteiger partial charge is 0.100 e. The van der Waals surface area contributed by atoms with Crippen molar-refractivity contribution in [2.75, 3.05) is 0 Å². The van der Waals surface area contributed by atoms with Gasteiger partial charge in [-0.05, 0) is 72.3 Å². The van der Waals surface area contributed by atoms with Crippen molar-refractivity contribution in [2.24, 2.45) is 0 Å². The summed E-state index contributed by atoms with van der Waals surface area (Å²) < 4.78 is 7.01. The highest BCUT2D eigenvalue weighted by molar-refractivity contribution is 6.21. The van der Waals surface area contributed by atoms with Crippen LogP contribution in [0.1, 0.15) is 6.92 Å². The van der Waals surface area contributed by atoms with Gasteiger partial charge >= 0.3 is 0 Å². The second kappa shape index (κ2) is 11.9. The number of rotatable bonds is 5. The number of hydrogen-bond acceptors (Lipinski definition) is 2. The fraction of sp³-hybridized carbons (Fsp3) is 0.0417. The molecule has 3 aromatic heterocycles. The van der Waals surface area contributed by atoms with Crippen LogP contribution in [0, 0.1) is 22.7 Å². The fourth-order valence-electron chi connectivity index (χ4n) is 8.39. The van der Waals surface area contributed by atoms with Crippen LogP contribution in [-0.4, -0.2) is 13.7 Å². The zero-order valence-corrected chi connectivity index (χ0v) is 29.0. The zero-order valence-electron chi connectivity index (χ0n) is 29.0. The van der Waals surface area contributed by atoms with Crippen LogP contribution in [0.15, 0.2) is 169 Å². The first kappa shape index (κ1) is 30.5. The Labute approximate surface area is 305 Å². The van der Waals surface area contributed by atoms with E-state index in [1.165, 1.54) is 38.0 Å². The Bertz CT molecular complexity index is 3190. The van der Waals surface area contributed by atoms with Crippen molar-refractivity contribution in [3.05, 3.63) is 169 Å². The van der Waals surface area contributed by atoms with Gasteiger partial charge < -0.3 is 13.7 Å². The van der Waals surface area contributed by atoms with Crippen molar-refractivity contribution >= 4 is 81.9 Å². The molecule has 0 atom stereocenters. The molecule has 5 heteroatoms. The van der Waals surface area contributed by atoms with E-state index < -0.39 is 0 Å². The number of aromatic nitrogens is 3. The molecule has 0 bridgehead atoms. The van der Waals surface area contributed by atoms with E-state index in [1.807, 2.05) is 6.08 Å². The van der Waals surface area contributed by atoms with Gasteiger partial charge in [0.05, 0.1) is 45.8 Å². The minimum Gasteiger partial charge on any atom is -0.334 e. The lowest BCUT2D eigenvalue weighted by Gasteiger charge is -2.16. The molecule has 10 aromatic rings. The van der Waals surface area contributed by atoms with Crippen LogP contribution in [0.5, 0.6) is 0 Å². The summed E-state index contributed by atoms with van der Waals surface area (Å²) in [4.78, 5) is 0. The topological polar surface area (TPSA) is 62.4 Å². The molecule has 0 unspecified atom stereocenters. The van der Waals surface area contributed by atoms with Crippen molar-refractivity contribution in [2.45, 2.75) is 13.5 Å². The first-order valence-corrected chi connectivity index (χ1v) is 17.8. The lowest BCUT2D eigenvalue weighted by molar-refractivity contribution is 0.874. The van der Waals surface area contributed by atoms with Gasteiger partial charge in [0.25, 0.3) is 0 Å². The Hall–Kier alpha value is -7.34. The fourth-order valence-corrected chi connectivity index (χ4v) is 8.39. The maximum absolute atomic E-state index is 10.3. The molecule has 0 spiro atoms. The highest BCUT2D eigenvalue weighted by Gasteiger charge is 2.20. The quantitative estimate of drug-likeness (QED) is 0.134. The van der Waals surface area contributed by atoms with Gasteiger partial charge in [-0.3, -0.25) is 0 Å². The van der Waals surface area contributed by atoms with E-state index in [1.54, 1.807) is 6.92 Å². The molecule has 3 heterocycles. The molecule has 0 N–H and O–H groups in total. The molecule has 0 saturated carbocycles. The molecule has 0 aliphatic heterocycles. The summed E-state index contributed by atoms with van der Waals surface area (Å²) in [7, 11) is 0. The van der Waals surface area contributed by atoms with Crippen LogP contribution in [-0.2, 0) is 6.54 Å².